The number of nitrogens with two attached hydrogens (primary N) is 1. The molecule has 0 saturated heterocycles. The van der Waals surface area contributed by atoms with Crippen molar-refractivity contribution in [2.45, 2.75) is 45.6 Å². The maximum Gasteiger partial charge on any atom is 0.0847 e. The van der Waals surface area contributed by atoms with Gasteiger partial charge in [0.2, 0.25) is 0 Å². The lowest BCUT2D eigenvalue weighted by Crippen LogP contribution is -2.34. The van der Waals surface area contributed by atoms with Gasteiger partial charge in [-0.25, -0.2) is 0 Å². The zero-order chi connectivity index (χ0) is 12.6. The van der Waals surface area contributed by atoms with Crippen molar-refractivity contribution in [2.75, 3.05) is 0 Å². The Morgan fingerprint density at radius 1 is 1.53 bits per heavy atom. The fourth-order valence-electron chi connectivity index (χ4n) is 3.09. The third kappa shape index (κ3) is 2.50. The Bertz CT molecular complexity index is 400. The largest absolute Gasteiger partial charge is 0.327 e. The van der Waals surface area contributed by atoms with Gasteiger partial charge in [-0.15, -0.1) is 0 Å². The summed E-state index contributed by atoms with van der Waals surface area (Å²) in [6.07, 6.45) is 4.73. The quantitative estimate of drug-likeness (QED) is 0.903. The van der Waals surface area contributed by atoms with Crippen LogP contribution < -0.4 is 5.73 Å². The first kappa shape index (κ1) is 12.9. The van der Waals surface area contributed by atoms with Crippen molar-refractivity contribution < 1.29 is 0 Å². The molecule has 0 aliphatic heterocycles. The summed E-state index contributed by atoms with van der Waals surface area (Å²) in [6, 6.07) is 0.208. The Labute approximate surface area is 108 Å². The summed E-state index contributed by atoms with van der Waals surface area (Å²) in [4.78, 5) is 0. The number of rotatable bonds is 3. The van der Waals surface area contributed by atoms with Crippen molar-refractivity contribution in [3.05, 3.63) is 16.4 Å². The van der Waals surface area contributed by atoms with E-state index in [1.807, 2.05) is 18.7 Å². The van der Waals surface area contributed by atoms with Crippen LogP contribution in [0.1, 0.15) is 37.6 Å². The van der Waals surface area contributed by atoms with E-state index in [1.54, 1.807) is 0 Å². The van der Waals surface area contributed by atoms with Gasteiger partial charge in [-0.3, -0.25) is 4.68 Å². The first-order valence-corrected chi connectivity index (χ1v) is 6.82. The van der Waals surface area contributed by atoms with Crippen LogP contribution in [0.5, 0.6) is 0 Å². The standard InChI is InChI=1S/C13H22ClN3/c1-8-5-4-6-10(8)11(15)7-12-13(14)9(2)16-17(12)3/h8,10-11H,4-7,15H2,1-3H3. The SMILES string of the molecule is Cc1nn(C)c(CC(N)C2CCCC2C)c1Cl. The van der Waals surface area contributed by atoms with E-state index < -0.39 is 0 Å². The Morgan fingerprint density at radius 3 is 2.71 bits per heavy atom. The highest BCUT2D eigenvalue weighted by Crippen LogP contribution is 2.34. The van der Waals surface area contributed by atoms with E-state index in [4.69, 9.17) is 17.3 Å². The topological polar surface area (TPSA) is 43.8 Å². The summed E-state index contributed by atoms with van der Waals surface area (Å²) >= 11 is 6.26. The average molecular weight is 256 g/mol. The van der Waals surface area contributed by atoms with Crippen molar-refractivity contribution in [3.63, 3.8) is 0 Å². The molecule has 96 valence electrons. The van der Waals surface area contributed by atoms with E-state index in [2.05, 4.69) is 12.0 Å². The minimum atomic E-state index is 0.208. The number of aromatic nitrogens is 2. The lowest BCUT2D eigenvalue weighted by molar-refractivity contribution is 0.339. The van der Waals surface area contributed by atoms with Crippen molar-refractivity contribution >= 4 is 11.6 Å². The highest BCUT2D eigenvalue weighted by molar-refractivity contribution is 6.31. The molecule has 2 rings (SSSR count). The molecule has 4 heteroatoms. The number of hydrogen-bond donors (Lipinski definition) is 1. The Balaban J connectivity index is 2.10. The van der Waals surface area contributed by atoms with Crippen LogP contribution >= 0.6 is 11.6 Å². The van der Waals surface area contributed by atoms with Crippen LogP contribution in [-0.2, 0) is 13.5 Å². The lowest BCUT2D eigenvalue weighted by Gasteiger charge is -2.23. The van der Waals surface area contributed by atoms with Gasteiger partial charge in [0.15, 0.2) is 0 Å². The van der Waals surface area contributed by atoms with Crippen LogP contribution in [0.2, 0.25) is 5.02 Å². The average Bonchev–Trinajstić information content (AvgIpc) is 2.78. The zero-order valence-electron chi connectivity index (χ0n) is 10.9. The molecule has 0 spiro atoms. The maximum absolute atomic E-state index is 6.35. The molecule has 2 N–H and O–H groups in total. The summed E-state index contributed by atoms with van der Waals surface area (Å²) in [5, 5.41) is 5.12. The minimum Gasteiger partial charge on any atom is -0.327 e. The molecular formula is C13H22ClN3. The summed E-state index contributed by atoms with van der Waals surface area (Å²) in [5.74, 6) is 1.39. The van der Waals surface area contributed by atoms with Gasteiger partial charge >= 0.3 is 0 Å². The van der Waals surface area contributed by atoms with Crippen LogP contribution in [0.3, 0.4) is 0 Å². The Morgan fingerprint density at radius 2 is 2.24 bits per heavy atom. The highest BCUT2D eigenvalue weighted by Gasteiger charge is 2.29. The zero-order valence-corrected chi connectivity index (χ0v) is 11.7. The maximum atomic E-state index is 6.35. The van der Waals surface area contributed by atoms with Gasteiger partial charge in [0.05, 0.1) is 16.4 Å². The van der Waals surface area contributed by atoms with E-state index in [-0.39, 0.29) is 6.04 Å². The van der Waals surface area contributed by atoms with Crippen LogP contribution in [-0.4, -0.2) is 15.8 Å². The second-order valence-corrected chi connectivity index (χ2v) is 5.79. The van der Waals surface area contributed by atoms with Crippen molar-refractivity contribution in [2.24, 2.45) is 24.6 Å². The van der Waals surface area contributed by atoms with Crippen molar-refractivity contribution in [3.8, 4) is 0 Å². The van der Waals surface area contributed by atoms with Crippen molar-refractivity contribution in [1.29, 1.82) is 0 Å². The molecule has 0 amide bonds. The molecule has 1 aliphatic carbocycles. The summed E-state index contributed by atoms with van der Waals surface area (Å²) in [5.41, 5.74) is 8.33. The molecule has 3 atom stereocenters. The van der Waals surface area contributed by atoms with Gasteiger partial charge in [0.1, 0.15) is 0 Å². The molecule has 0 radical (unpaired) electrons. The second-order valence-electron chi connectivity index (χ2n) is 5.41. The third-order valence-electron chi connectivity index (χ3n) is 4.17. The van der Waals surface area contributed by atoms with Gasteiger partial charge in [0.25, 0.3) is 0 Å². The molecule has 1 fully saturated rings. The summed E-state index contributed by atoms with van der Waals surface area (Å²) < 4.78 is 1.87. The monoisotopic (exact) mass is 255 g/mol. The molecule has 1 saturated carbocycles. The molecule has 1 aromatic heterocycles. The molecule has 3 unspecified atom stereocenters. The molecule has 1 aromatic rings. The van der Waals surface area contributed by atoms with Crippen LogP contribution in [0.25, 0.3) is 0 Å². The Hall–Kier alpha value is -0.540. The van der Waals surface area contributed by atoms with Crippen LogP contribution in [0.15, 0.2) is 0 Å². The second kappa shape index (κ2) is 4.99. The first-order valence-electron chi connectivity index (χ1n) is 6.44. The van der Waals surface area contributed by atoms with Gasteiger partial charge in [-0.2, -0.15) is 5.10 Å². The highest BCUT2D eigenvalue weighted by atomic mass is 35.5. The van der Waals surface area contributed by atoms with Gasteiger partial charge in [0, 0.05) is 19.5 Å². The number of halogens is 1. The van der Waals surface area contributed by atoms with E-state index >= 15 is 0 Å². The minimum absolute atomic E-state index is 0.208. The van der Waals surface area contributed by atoms with Crippen LogP contribution in [0.4, 0.5) is 0 Å². The fraction of sp³-hybridized carbons (Fsp3) is 0.769. The van der Waals surface area contributed by atoms with Gasteiger partial charge in [-0.05, 0) is 25.2 Å². The predicted octanol–water partition coefficient (Wildman–Crippen LogP) is 2.69. The van der Waals surface area contributed by atoms with Gasteiger partial charge < -0.3 is 5.73 Å². The molecular weight excluding hydrogens is 234 g/mol. The smallest absolute Gasteiger partial charge is 0.0847 e. The lowest BCUT2D eigenvalue weighted by atomic mass is 9.88. The first-order chi connectivity index (χ1) is 8.00. The fourth-order valence-corrected chi connectivity index (χ4v) is 3.32. The number of aryl methyl sites for hydroxylation is 2. The molecule has 3 nitrogen and oxygen atoms in total. The van der Waals surface area contributed by atoms with Crippen molar-refractivity contribution in [1.82, 2.24) is 9.78 Å². The van der Waals surface area contributed by atoms with Gasteiger partial charge in [-0.1, -0.05) is 31.4 Å². The van der Waals surface area contributed by atoms with Crippen LogP contribution in [0, 0.1) is 18.8 Å². The van der Waals surface area contributed by atoms with E-state index in [0.717, 1.165) is 28.7 Å². The predicted molar refractivity (Wildman–Crippen MR) is 71.1 cm³/mol. The van der Waals surface area contributed by atoms with E-state index in [9.17, 15) is 0 Å². The molecule has 0 aromatic carbocycles. The molecule has 17 heavy (non-hydrogen) atoms. The Kier molecular flexibility index (Phi) is 3.79. The number of hydrogen-bond acceptors (Lipinski definition) is 2. The number of nitrogens with zero attached hydrogens (tertiary/aromatic N) is 2. The molecule has 1 aliphatic rings. The molecule has 1 heterocycles. The molecule has 0 bridgehead atoms. The normalized spacial score (nSPS) is 26.4. The van der Waals surface area contributed by atoms with E-state index in [0.29, 0.717) is 5.92 Å². The third-order valence-corrected chi connectivity index (χ3v) is 4.66. The summed E-state index contributed by atoms with van der Waals surface area (Å²) in [6.45, 7) is 4.25. The van der Waals surface area contributed by atoms with E-state index in [1.165, 1.54) is 19.3 Å². The summed E-state index contributed by atoms with van der Waals surface area (Å²) in [7, 11) is 1.94.